The second-order valence-corrected chi connectivity index (χ2v) is 5.85. The van der Waals surface area contributed by atoms with Gasteiger partial charge in [-0.2, -0.15) is 0 Å². The molecule has 0 saturated carbocycles. The lowest BCUT2D eigenvalue weighted by Crippen LogP contribution is -2.04. The van der Waals surface area contributed by atoms with Crippen LogP contribution in [0.4, 0.5) is 0 Å². The van der Waals surface area contributed by atoms with Gasteiger partial charge in [-0.15, -0.1) is 0 Å². The number of fused-ring (bicyclic) bond motifs is 1. The third-order valence-electron chi connectivity index (χ3n) is 4.30. The molecule has 0 radical (unpaired) electrons. The first-order valence-corrected chi connectivity index (χ1v) is 8.14. The van der Waals surface area contributed by atoms with Gasteiger partial charge in [0.2, 0.25) is 11.5 Å². The summed E-state index contributed by atoms with van der Waals surface area (Å²) in [5.41, 5.74) is 1.11. The Morgan fingerprint density at radius 2 is 1.89 bits per heavy atom. The number of ether oxygens (including phenoxy) is 3. The molecular weight excluding hydrogens is 358 g/mol. The maximum atomic E-state index is 13.3. The summed E-state index contributed by atoms with van der Waals surface area (Å²) in [7, 11) is -4.74. The molecule has 7 heteroatoms. The van der Waals surface area contributed by atoms with E-state index < -0.39 is 31.4 Å². The normalized spacial score (nSPS) is 15.4. The molecule has 0 atom stereocenters. The second-order valence-electron chi connectivity index (χ2n) is 5.85. The summed E-state index contributed by atoms with van der Waals surface area (Å²) in [6.07, 6.45) is 1.43. The first-order valence-electron chi connectivity index (χ1n) is 11.6. The molecule has 0 aliphatic rings. The number of para-hydroxylation sites is 1. The van der Waals surface area contributed by atoms with Crippen molar-refractivity contribution in [1.29, 1.82) is 0 Å². The number of ketones is 1. The van der Waals surface area contributed by atoms with E-state index in [1.54, 1.807) is 6.20 Å². The fourth-order valence-electron chi connectivity index (χ4n) is 2.96. The standard InChI is InChI=1S/C21H19N3O4/c1-26-17-8-12(9-18(27-2)20(17)28-3)19(25)16-11-23-21(24-16)14-10-22-15-7-5-4-6-13(14)15/h4-11,22H,1-3H3,(H,23,24)/i1D3,3D3,11D. The smallest absolute Gasteiger partial charge is 0.213 e. The van der Waals surface area contributed by atoms with E-state index in [0.717, 1.165) is 23.0 Å². The number of carbonyl (C=O) groups excluding carboxylic acids is 1. The molecule has 0 amide bonds. The quantitative estimate of drug-likeness (QED) is 0.494. The third-order valence-corrected chi connectivity index (χ3v) is 4.30. The third kappa shape index (κ3) is 2.87. The largest absolute Gasteiger partial charge is 0.493 e. The van der Waals surface area contributed by atoms with Crippen molar-refractivity contribution in [2.45, 2.75) is 0 Å². The lowest BCUT2D eigenvalue weighted by molar-refractivity contribution is 0.103. The predicted molar refractivity (Wildman–Crippen MR) is 105 cm³/mol. The number of hydrogen-bond donors (Lipinski definition) is 2. The second kappa shape index (κ2) is 7.11. The molecule has 4 rings (SSSR count). The Hall–Kier alpha value is -3.74. The van der Waals surface area contributed by atoms with Gasteiger partial charge in [0.1, 0.15) is 11.5 Å². The Morgan fingerprint density at radius 1 is 1.11 bits per heavy atom. The number of hydrogen-bond acceptors (Lipinski definition) is 5. The van der Waals surface area contributed by atoms with Crippen LogP contribution in [0, 0.1) is 0 Å². The van der Waals surface area contributed by atoms with Crippen LogP contribution in [0.25, 0.3) is 22.3 Å². The molecule has 2 heterocycles. The molecule has 0 spiro atoms. The van der Waals surface area contributed by atoms with Gasteiger partial charge in [0.25, 0.3) is 0 Å². The molecule has 0 saturated heterocycles. The molecule has 0 aliphatic carbocycles. The zero-order valence-electron chi connectivity index (χ0n) is 21.6. The number of aromatic nitrogens is 3. The van der Waals surface area contributed by atoms with Crippen molar-refractivity contribution in [1.82, 2.24) is 15.0 Å². The summed E-state index contributed by atoms with van der Waals surface area (Å²) in [4.78, 5) is 23.4. The lowest BCUT2D eigenvalue weighted by Gasteiger charge is -2.13. The SMILES string of the molecule is [2H]c1[nH]c(-c2c[nH]c3ccccc23)nc1C(=O)c1cc(OC)c(OC([2H])([2H])[2H])c(OC([2H])([2H])[2H])c1. The van der Waals surface area contributed by atoms with Crippen molar-refractivity contribution < 1.29 is 28.6 Å². The van der Waals surface area contributed by atoms with Gasteiger partial charge in [-0.3, -0.25) is 4.79 Å². The molecule has 2 aromatic carbocycles. The number of methoxy groups -OCH3 is 3. The number of carbonyl (C=O) groups is 1. The van der Waals surface area contributed by atoms with Gasteiger partial charge in [0.15, 0.2) is 11.5 Å². The van der Waals surface area contributed by atoms with E-state index in [9.17, 15) is 4.79 Å². The van der Waals surface area contributed by atoms with E-state index in [2.05, 4.69) is 15.0 Å². The number of benzene rings is 2. The molecule has 28 heavy (non-hydrogen) atoms. The summed E-state index contributed by atoms with van der Waals surface area (Å²) < 4.78 is 67.4. The minimum Gasteiger partial charge on any atom is -0.493 e. The summed E-state index contributed by atoms with van der Waals surface area (Å²) in [5, 5.41) is 0.835. The van der Waals surface area contributed by atoms with E-state index in [0.29, 0.717) is 5.56 Å². The van der Waals surface area contributed by atoms with Crippen LogP contribution in [0.5, 0.6) is 17.2 Å². The molecule has 0 fully saturated rings. The van der Waals surface area contributed by atoms with E-state index in [1.165, 1.54) is 7.11 Å². The van der Waals surface area contributed by atoms with Gasteiger partial charge in [-0.05, 0) is 18.2 Å². The van der Waals surface area contributed by atoms with Crippen LogP contribution in [0.15, 0.2) is 48.8 Å². The number of aromatic amines is 2. The summed E-state index contributed by atoms with van der Waals surface area (Å²) >= 11 is 0. The monoisotopic (exact) mass is 384 g/mol. The summed E-state index contributed by atoms with van der Waals surface area (Å²) in [6, 6.07) is 9.62. The molecule has 2 aromatic heterocycles. The molecule has 0 bridgehead atoms. The average Bonchev–Trinajstić information content (AvgIpc) is 3.35. The van der Waals surface area contributed by atoms with Crippen LogP contribution < -0.4 is 14.2 Å². The van der Waals surface area contributed by atoms with E-state index >= 15 is 0 Å². The maximum Gasteiger partial charge on any atom is 0.213 e. The van der Waals surface area contributed by atoms with E-state index in [1.807, 2.05) is 24.3 Å². The van der Waals surface area contributed by atoms with Gasteiger partial charge in [-0.1, -0.05) is 18.2 Å². The van der Waals surface area contributed by atoms with Gasteiger partial charge in [0.05, 0.1) is 30.8 Å². The van der Waals surface area contributed by atoms with Gasteiger partial charge >= 0.3 is 0 Å². The highest BCUT2D eigenvalue weighted by atomic mass is 16.5. The van der Waals surface area contributed by atoms with Crippen molar-refractivity contribution in [2.24, 2.45) is 0 Å². The molecule has 142 valence electrons. The van der Waals surface area contributed by atoms with Crippen LogP contribution in [-0.4, -0.2) is 41.9 Å². The number of rotatable bonds is 6. The highest BCUT2D eigenvalue weighted by Gasteiger charge is 2.20. The Balaban J connectivity index is 1.78. The van der Waals surface area contributed by atoms with Crippen molar-refractivity contribution in [2.75, 3.05) is 21.2 Å². The van der Waals surface area contributed by atoms with Crippen molar-refractivity contribution in [3.8, 4) is 28.6 Å². The minimum atomic E-state index is -2.98. The lowest BCUT2D eigenvalue weighted by atomic mass is 10.1. The molecule has 0 unspecified atom stereocenters. The first kappa shape index (κ1) is 11.2. The zero-order valence-corrected chi connectivity index (χ0v) is 14.6. The number of nitrogens with one attached hydrogen (secondary N) is 2. The fourth-order valence-corrected chi connectivity index (χ4v) is 2.96. The average molecular weight is 384 g/mol. The van der Waals surface area contributed by atoms with Crippen LogP contribution >= 0.6 is 0 Å². The van der Waals surface area contributed by atoms with Gasteiger partial charge < -0.3 is 24.2 Å². The highest BCUT2D eigenvalue weighted by molar-refractivity contribution is 6.09. The molecule has 7 nitrogen and oxygen atoms in total. The van der Waals surface area contributed by atoms with Crippen molar-refractivity contribution in [3.05, 3.63) is 60.0 Å². The highest BCUT2D eigenvalue weighted by Crippen LogP contribution is 2.38. The van der Waals surface area contributed by atoms with E-state index in [4.69, 9.17) is 23.8 Å². The minimum absolute atomic E-state index is 0.149. The number of imidazole rings is 1. The predicted octanol–water partition coefficient (Wildman–Crippen LogP) is 3.81. The Kier molecular flexibility index (Phi) is 2.84. The van der Waals surface area contributed by atoms with E-state index in [-0.39, 0.29) is 29.0 Å². The van der Waals surface area contributed by atoms with Crippen molar-refractivity contribution >= 4 is 16.7 Å². The Labute approximate surface area is 171 Å². The van der Waals surface area contributed by atoms with Gasteiger partial charge in [-0.25, -0.2) is 4.98 Å². The summed E-state index contributed by atoms with van der Waals surface area (Å²) in [6.45, 7) is 0. The summed E-state index contributed by atoms with van der Waals surface area (Å²) in [5.74, 6) is -1.75. The van der Waals surface area contributed by atoms with Crippen LogP contribution in [0.2, 0.25) is 0 Å². The Bertz CT molecular complexity index is 1410. The number of nitrogens with zero attached hydrogens (tertiary/aromatic N) is 1. The Morgan fingerprint density at radius 3 is 2.68 bits per heavy atom. The molecular formula is C21H19N3O4. The fraction of sp³-hybridized carbons (Fsp3) is 0.143. The molecule has 0 aliphatic heterocycles. The molecule has 2 N–H and O–H groups in total. The van der Waals surface area contributed by atoms with Crippen LogP contribution in [0.1, 0.15) is 25.6 Å². The topological polar surface area (TPSA) is 89.2 Å². The zero-order chi connectivity index (χ0) is 25.5. The molecule has 4 aromatic rings. The van der Waals surface area contributed by atoms with Crippen LogP contribution in [0.3, 0.4) is 0 Å². The van der Waals surface area contributed by atoms with Gasteiger partial charge in [0, 0.05) is 34.4 Å². The number of H-pyrrole nitrogens is 2. The maximum absolute atomic E-state index is 13.3. The van der Waals surface area contributed by atoms with Crippen molar-refractivity contribution in [3.63, 3.8) is 0 Å². The first-order chi connectivity index (χ1) is 16.4. The van der Waals surface area contributed by atoms with Crippen LogP contribution in [-0.2, 0) is 0 Å².